The van der Waals surface area contributed by atoms with E-state index < -0.39 is 23.9 Å². The Hall–Kier alpha value is -0.590. The molecule has 1 unspecified atom stereocenters. The molecule has 74 valence electrons. The Kier molecular flexibility index (Phi) is 8.82. The Morgan fingerprint density at radius 2 is 1.79 bits per heavy atom. The molecule has 0 saturated heterocycles. The Morgan fingerprint density at radius 3 is 2.07 bits per heavy atom. The third-order valence-electron chi connectivity index (χ3n) is 1.32. The molecule has 0 aromatic carbocycles. The zero-order chi connectivity index (χ0) is 10.4. The van der Waals surface area contributed by atoms with E-state index in [9.17, 15) is 14.4 Å². The van der Waals surface area contributed by atoms with Crippen molar-refractivity contribution in [3.05, 3.63) is 0 Å². The molecule has 0 heterocycles. The molecule has 1 atom stereocenters. The van der Waals surface area contributed by atoms with Gasteiger partial charge in [-0.2, -0.15) is 0 Å². The molecule has 0 rings (SSSR count). The maximum atomic E-state index is 10.5. The SMILES string of the molecule is CC(=O)NC(CCC(=O)O)C(=O)O.[Na+]. The van der Waals surface area contributed by atoms with E-state index in [2.05, 4.69) is 5.32 Å². The van der Waals surface area contributed by atoms with Crippen molar-refractivity contribution >= 4 is 17.8 Å². The van der Waals surface area contributed by atoms with Crippen LogP contribution in [0.3, 0.4) is 0 Å². The van der Waals surface area contributed by atoms with Gasteiger partial charge in [0.1, 0.15) is 6.04 Å². The van der Waals surface area contributed by atoms with E-state index in [4.69, 9.17) is 10.2 Å². The number of carbonyl (C=O) groups excluding carboxylic acids is 1. The third kappa shape index (κ3) is 8.03. The monoisotopic (exact) mass is 212 g/mol. The Labute approximate surface area is 103 Å². The molecule has 3 N–H and O–H groups in total. The van der Waals surface area contributed by atoms with Crippen molar-refractivity contribution in [2.45, 2.75) is 25.8 Å². The molecule has 0 aromatic rings. The van der Waals surface area contributed by atoms with Gasteiger partial charge in [-0.25, -0.2) is 4.79 Å². The van der Waals surface area contributed by atoms with Crippen LogP contribution in [0.2, 0.25) is 0 Å². The summed E-state index contributed by atoms with van der Waals surface area (Å²) in [5.74, 6) is -2.80. The molecular formula is C7H11NNaO5+. The summed E-state index contributed by atoms with van der Waals surface area (Å²) in [5.41, 5.74) is 0. The number of hydrogen-bond acceptors (Lipinski definition) is 3. The smallest absolute Gasteiger partial charge is 0.481 e. The summed E-state index contributed by atoms with van der Waals surface area (Å²) in [6, 6.07) is -1.12. The largest absolute Gasteiger partial charge is 1.00 e. The number of carboxylic acids is 2. The molecule has 0 aromatic heterocycles. The first-order valence-electron chi connectivity index (χ1n) is 3.65. The molecule has 0 radical (unpaired) electrons. The topological polar surface area (TPSA) is 104 Å². The van der Waals surface area contributed by atoms with Gasteiger partial charge in [0.15, 0.2) is 0 Å². The first kappa shape index (κ1) is 15.9. The molecule has 6 nitrogen and oxygen atoms in total. The average Bonchev–Trinajstić information content (AvgIpc) is 1.96. The van der Waals surface area contributed by atoms with E-state index in [-0.39, 0.29) is 42.4 Å². The minimum absolute atomic E-state index is 0. The second-order valence-electron chi connectivity index (χ2n) is 2.52. The molecule has 0 bridgehead atoms. The number of carbonyl (C=O) groups is 3. The van der Waals surface area contributed by atoms with Crippen molar-refractivity contribution in [1.29, 1.82) is 0 Å². The molecule has 0 spiro atoms. The second-order valence-corrected chi connectivity index (χ2v) is 2.52. The van der Waals surface area contributed by atoms with Crippen LogP contribution in [0, 0.1) is 0 Å². The van der Waals surface area contributed by atoms with Crippen LogP contribution in [0.25, 0.3) is 0 Å². The maximum Gasteiger partial charge on any atom is 1.00 e. The minimum atomic E-state index is -1.23. The molecule has 0 aliphatic carbocycles. The summed E-state index contributed by atoms with van der Waals surface area (Å²) < 4.78 is 0. The van der Waals surface area contributed by atoms with Crippen LogP contribution < -0.4 is 34.9 Å². The van der Waals surface area contributed by atoms with E-state index in [0.29, 0.717) is 0 Å². The zero-order valence-electron chi connectivity index (χ0n) is 8.11. The van der Waals surface area contributed by atoms with Crippen LogP contribution in [0.5, 0.6) is 0 Å². The summed E-state index contributed by atoms with van der Waals surface area (Å²) in [6.07, 6.45) is -0.387. The van der Waals surface area contributed by atoms with Gasteiger partial charge in [0.2, 0.25) is 5.91 Å². The third-order valence-corrected chi connectivity index (χ3v) is 1.32. The molecule has 0 aliphatic rings. The van der Waals surface area contributed by atoms with Gasteiger partial charge < -0.3 is 15.5 Å². The first-order chi connectivity index (χ1) is 5.93. The van der Waals surface area contributed by atoms with E-state index in [0.717, 1.165) is 0 Å². The van der Waals surface area contributed by atoms with Gasteiger partial charge in [-0.3, -0.25) is 9.59 Å². The Morgan fingerprint density at radius 1 is 1.29 bits per heavy atom. The second kappa shape index (κ2) is 7.78. The van der Waals surface area contributed by atoms with E-state index in [1.807, 2.05) is 0 Å². The quantitative estimate of drug-likeness (QED) is 0.409. The van der Waals surface area contributed by atoms with Crippen LogP contribution in [0.4, 0.5) is 0 Å². The van der Waals surface area contributed by atoms with Crippen LogP contribution in [0.15, 0.2) is 0 Å². The number of nitrogens with one attached hydrogen (secondary N) is 1. The van der Waals surface area contributed by atoms with Crippen molar-refractivity contribution in [3.63, 3.8) is 0 Å². The van der Waals surface area contributed by atoms with Crippen LogP contribution in [0.1, 0.15) is 19.8 Å². The van der Waals surface area contributed by atoms with Gasteiger partial charge in [-0.1, -0.05) is 0 Å². The standard InChI is InChI=1S/C7H11NO5.Na/c1-4(9)8-5(7(12)13)2-3-6(10)11;/h5H,2-3H2,1H3,(H,8,9)(H,10,11)(H,12,13);/q;+1. The van der Waals surface area contributed by atoms with Crippen molar-refractivity contribution in [3.8, 4) is 0 Å². The summed E-state index contributed by atoms with van der Waals surface area (Å²) in [4.78, 5) is 31.0. The maximum absolute atomic E-state index is 10.5. The van der Waals surface area contributed by atoms with Gasteiger partial charge in [-0.15, -0.1) is 0 Å². The summed E-state index contributed by atoms with van der Waals surface area (Å²) in [5, 5.41) is 18.9. The fourth-order valence-corrected chi connectivity index (χ4v) is 0.771. The molecule has 1 amide bonds. The predicted molar refractivity (Wildman–Crippen MR) is 42.1 cm³/mol. The average molecular weight is 212 g/mol. The van der Waals surface area contributed by atoms with E-state index >= 15 is 0 Å². The van der Waals surface area contributed by atoms with Gasteiger partial charge in [0.05, 0.1) is 0 Å². The van der Waals surface area contributed by atoms with Crippen LogP contribution >= 0.6 is 0 Å². The first-order valence-corrected chi connectivity index (χ1v) is 3.65. The van der Waals surface area contributed by atoms with Crippen molar-refractivity contribution in [2.24, 2.45) is 0 Å². The molecule has 0 aliphatic heterocycles. The minimum Gasteiger partial charge on any atom is -0.481 e. The molecular weight excluding hydrogens is 201 g/mol. The number of amides is 1. The van der Waals surface area contributed by atoms with Crippen molar-refractivity contribution in [2.75, 3.05) is 0 Å². The Bertz CT molecular complexity index is 230. The van der Waals surface area contributed by atoms with Crippen molar-refractivity contribution < 1.29 is 54.2 Å². The van der Waals surface area contributed by atoms with Crippen LogP contribution in [-0.2, 0) is 14.4 Å². The van der Waals surface area contributed by atoms with Crippen LogP contribution in [-0.4, -0.2) is 34.1 Å². The summed E-state index contributed by atoms with van der Waals surface area (Å²) >= 11 is 0. The van der Waals surface area contributed by atoms with Gasteiger partial charge in [0, 0.05) is 13.3 Å². The molecule has 14 heavy (non-hydrogen) atoms. The predicted octanol–water partition coefficient (Wildman–Crippen LogP) is -3.56. The fraction of sp³-hybridized carbons (Fsp3) is 0.571. The number of rotatable bonds is 5. The fourth-order valence-electron chi connectivity index (χ4n) is 0.771. The zero-order valence-corrected chi connectivity index (χ0v) is 10.1. The Balaban J connectivity index is 0. The number of hydrogen-bond donors (Lipinski definition) is 3. The molecule has 0 fully saturated rings. The van der Waals surface area contributed by atoms with Gasteiger partial charge in [-0.05, 0) is 6.42 Å². The van der Waals surface area contributed by atoms with E-state index in [1.54, 1.807) is 0 Å². The normalized spacial score (nSPS) is 10.9. The number of carboxylic acid groups (broad SMARTS) is 2. The summed E-state index contributed by atoms with van der Waals surface area (Å²) in [6.45, 7) is 1.18. The van der Waals surface area contributed by atoms with Gasteiger partial charge >= 0.3 is 41.5 Å². The van der Waals surface area contributed by atoms with Crippen molar-refractivity contribution in [1.82, 2.24) is 5.32 Å². The molecule has 7 heteroatoms. The van der Waals surface area contributed by atoms with E-state index in [1.165, 1.54) is 6.92 Å². The molecule has 0 saturated carbocycles. The van der Waals surface area contributed by atoms with Gasteiger partial charge in [0.25, 0.3) is 0 Å². The number of aliphatic carboxylic acids is 2. The summed E-state index contributed by atoms with van der Waals surface area (Å²) in [7, 11) is 0.